The quantitative estimate of drug-likeness (QED) is 0.902. The third kappa shape index (κ3) is 4.44. The summed E-state index contributed by atoms with van der Waals surface area (Å²) in [6.07, 6.45) is 0. The number of hydrogen-bond donors (Lipinski definition) is 1. The van der Waals surface area contributed by atoms with Crippen molar-refractivity contribution < 1.29 is 4.79 Å². The van der Waals surface area contributed by atoms with E-state index in [0.29, 0.717) is 13.1 Å². The molecule has 0 aliphatic heterocycles. The lowest BCUT2D eigenvalue weighted by atomic mass is 10.2. The van der Waals surface area contributed by atoms with E-state index in [4.69, 9.17) is 0 Å². The van der Waals surface area contributed by atoms with Gasteiger partial charge in [-0.1, -0.05) is 28.1 Å². The van der Waals surface area contributed by atoms with E-state index in [9.17, 15) is 4.79 Å². The number of halogens is 1. The Morgan fingerprint density at radius 1 is 1.47 bits per heavy atom. The molecule has 1 aromatic rings. The molecule has 0 saturated heterocycles. The Bertz CT molecular complexity index is 339. The molecule has 1 N–H and O–H groups in total. The minimum atomic E-state index is 0.0880. The maximum absolute atomic E-state index is 11.3. The van der Waals surface area contributed by atoms with Gasteiger partial charge in [0.05, 0.1) is 6.54 Å². The molecule has 0 atom stereocenters. The first-order valence-electron chi connectivity index (χ1n) is 4.75. The average Bonchev–Trinajstić information content (AvgIpc) is 2.17. The number of carbonyl (C=O) groups is 1. The van der Waals surface area contributed by atoms with Crippen molar-refractivity contribution in [2.75, 3.05) is 20.6 Å². The van der Waals surface area contributed by atoms with Gasteiger partial charge in [0.2, 0.25) is 5.91 Å². The Hall–Kier alpha value is -0.870. The number of benzene rings is 1. The largest absolute Gasteiger partial charge is 0.348 e. The molecule has 15 heavy (non-hydrogen) atoms. The summed E-state index contributed by atoms with van der Waals surface area (Å²) in [5.74, 6) is 0.0880. The molecule has 0 aromatic heterocycles. The van der Waals surface area contributed by atoms with Crippen LogP contribution in [0.1, 0.15) is 5.56 Å². The van der Waals surface area contributed by atoms with Crippen LogP contribution in [0.2, 0.25) is 0 Å². The molecule has 1 amide bonds. The molecule has 0 heterocycles. The number of hydrogen-bond acceptors (Lipinski definition) is 2. The van der Waals surface area contributed by atoms with E-state index in [1.807, 2.05) is 24.3 Å². The second-order valence-corrected chi connectivity index (χ2v) is 4.44. The normalized spacial score (nSPS) is 10.1. The summed E-state index contributed by atoms with van der Waals surface area (Å²) in [6, 6.07) is 8.02. The van der Waals surface area contributed by atoms with Crippen molar-refractivity contribution in [2.45, 2.75) is 6.54 Å². The Balaban J connectivity index is 2.35. The number of nitrogens with zero attached hydrogens (tertiary/aromatic N) is 1. The molecule has 3 nitrogen and oxygen atoms in total. The molecule has 82 valence electrons. The van der Waals surface area contributed by atoms with Gasteiger partial charge in [0.1, 0.15) is 0 Å². The van der Waals surface area contributed by atoms with Crippen molar-refractivity contribution in [1.29, 1.82) is 0 Å². The maximum atomic E-state index is 11.3. The number of amides is 1. The highest BCUT2D eigenvalue weighted by Crippen LogP contribution is 2.11. The van der Waals surface area contributed by atoms with Crippen molar-refractivity contribution in [1.82, 2.24) is 10.2 Å². The van der Waals surface area contributed by atoms with Gasteiger partial charge in [-0.05, 0) is 17.7 Å². The topological polar surface area (TPSA) is 32.3 Å². The van der Waals surface area contributed by atoms with E-state index in [1.165, 1.54) is 0 Å². The van der Waals surface area contributed by atoms with Crippen LogP contribution >= 0.6 is 15.9 Å². The zero-order chi connectivity index (χ0) is 11.3. The van der Waals surface area contributed by atoms with Gasteiger partial charge in [-0.3, -0.25) is 4.79 Å². The fourth-order valence-electron chi connectivity index (χ4n) is 1.12. The SMILES string of the molecule is CN(C)C(=O)CNCc1cccc(Br)c1. The zero-order valence-electron chi connectivity index (χ0n) is 8.96. The highest BCUT2D eigenvalue weighted by Gasteiger charge is 2.02. The van der Waals surface area contributed by atoms with Gasteiger partial charge in [0.15, 0.2) is 0 Å². The molecule has 0 aliphatic carbocycles. The fourth-order valence-corrected chi connectivity index (χ4v) is 1.57. The van der Waals surface area contributed by atoms with E-state index in [0.717, 1.165) is 10.0 Å². The fraction of sp³-hybridized carbons (Fsp3) is 0.364. The summed E-state index contributed by atoms with van der Waals surface area (Å²) >= 11 is 3.40. The van der Waals surface area contributed by atoms with Crippen LogP contribution < -0.4 is 5.32 Å². The summed E-state index contributed by atoms with van der Waals surface area (Å²) in [7, 11) is 3.51. The highest BCUT2D eigenvalue weighted by molar-refractivity contribution is 9.10. The standard InChI is InChI=1S/C11H15BrN2O/c1-14(2)11(15)8-13-7-9-4-3-5-10(12)6-9/h3-6,13H,7-8H2,1-2H3. The molecular formula is C11H15BrN2O. The number of likely N-dealkylation sites (N-methyl/N-ethyl adjacent to an activating group) is 1. The van der Waals surface area contributed by atoms with E-state index < -0.39 is 0 Å². The van der Waals surface area contributed by atoms with Gasteiger partial charge in [0, 0.05) is 25.1 Å². The van der Waals surface area contributed by atoms with Crippen molar-refractivity contribution >= 4 is 21.8 Å². The van der Waals surface area contributed by atoms with Crippen LogP contribution in [0.3, 0.4) is 0 Å². The molecule has 1 rings (SSSR count). The summed E-state index contributed by atoms with van der Waals surface area (Å²) in [4.78, 5) is 12.8. The zero-order valence-corrected chi connectivity index (χ0v) is 10.5. The number of carbonyl (C=O) groups excluding carboxylic acids is 1. The smallest absolute Gasteiger partial charge is 0.236 e. The Morgan fingerprint density at radius 2 is 2.20 bits per heavy atom. The minimum absolute atomic E-state index is 0.0880. The lowest BCUT2D eigenvalue weighted by Gasteiger charge is -2.10. The third-order valence-electron chi connectivity index (χ3n) is 1.99. The molecule has 0 radical (unpaired) electrons. The van der Waals surface area contributed by atoms with Gasteiger partial charge in [-0.15, -0.1) is 0 Å². The lowest BCUT2D eigenvalue weighted by molar-refractivity contribution is -0.127. The summed E-state index contributed by atoms with van der Waals surface area (Å²) in [6.45, 7) is 1.08. The van der Waals surface area contributed by atoms with Crippen LogP contribution in [0.25, 0.3) is 0 Å². The molecule has 0 spiro atoms. The lowest BCUT2D eigenvalue weighted by Crippen LogP contribution is -2.32. The Kier molecular flexibility index (Phi) is 4.78. The maximum Gasteiger partial charge on any atom is 0.236 e. The minimum Gasteiger partial charge on any atom is -0.348 e. The molecule has 0 bridgehead atoms. The van der Waals surface area contributed by atoms with Crippen LogP contribution in [0.15, 0.2) is 28.7 Å². The average molecular weight is 271 g/mol. The van der Waals surface area contributed by atoms with Crippen LogP contribution in [-0.4, -0.2) is 31.4 Å². The second-order valence-electron chi connectivity index (χ2n) is 3.52. The summed E-state index contributed by atoms with van der Waals surface area (Å²) in [5, 5.41) is 3.10. The van der Waals surface area contributed by atoms with Crippen molar-refractivity contribution in [2.24, 2.45) is 0 Å². The Labute approximate surface area is 98.6 Å². The van der Waals surface area contributed by atoms with E-state index in [-0.39, 0.29) is 5.91 Å². The van der Waals surface area contributed by atoms with Gasteiger partial charge < -0.3 is 10.2 Å². The first-order valence-corrected chi connectivity index (χ1v) is 5.54. The van der Waals surface area contributed by atoms with Gasteiger partial charge in [-0.25, -0.2) is 0 Å². The van der Waals surface area contributed by atoms with Crippen molar-refractivity contribution in [3.05, 3.63) is 34.3 Å². The Morgan fingerprint density at radius 3 is 2.80 bits per heavy atom. The van der Waals surface area contributed by atoms with Crippen LogP contribution in [-0.2, 0) is 11.3 Å². The highest BCUT2D eigenvalue weighted by atomic mass is 79.9. The van der Waals surface area contributed by atoms with Crippen LogP contribution in [0.5, 0.6) is 0 Å². The molecule has 0 fully saturated rings. The number of nitrogens with one attached hydrogen (secondary N) is 1. The molecule has 0 aliphatic rings. The molecule has 1 aromatic carbocycles. The first kappa shape index (κ1) is 12.2. The molecule has 0 saturated carbocycles. The van der Waals surface area contributed by atoms with Gasteiger partial charge in [0.25, 0.3) is 0 Å². The molecule has 4 heteroatoms. The molecule has 0 unspecified atom stereocenters. The van der Waals surface area contributed by atoms with Crippen molar-refractivity contribution in [3.63, 3.8) is 0 Å². The monoisotopic (exact) mass is 270 g/mol. The van der Waals surface area contributed by atoms with Crippen LogP contribution in [0.4, 0.5) is 0 Å². The van der Waals surface area contributed by atoms with E-state index >= 15 is 0 Å². The van der Waals surface area contributed by atoms with Gasteiger partial charge in [-0.2, -0.15) is 0 Å². The second kappa shape index (κ2) is 5.88. The number of rotatable bonds is 4. The van der Waals surface area contributed by atoms with Crippen LogP contribution in [0, 0.1) is 0 Å². The van der Waals surface area contributed by atoms with Crippen molar-refractivity contribution in [3.8, 4) is 0 Å². The molecular weight excluding hydrogens is 256 g/mol. The predicted molar refractivity (Wildman–Crippen MR) is 64.5 cm³/mol. The summed E-state index contributed by atoms with van der Waals surface area (Å²) < 4.78 is 1.06. The predicted octanol–water partition coefficient (Wildman–Crippen LogP) is 1.63. The first-order chi connectivity index (χ1) is 7.09. The van der Waals surface area contributed by atoms with E-state index in [1.54, 1.807) is 19.0 Å². The third-order valence-corrected chi connectivity index (χ3v) is 2.49. The summed E-state index contributed by atoms with van der Waals surface area (Å²) in [5.41, 5.74) is 1.16. The van der Waals surface area contributed by atoms with Gasteiger partial charge >= 0.3 is 0 Å². The van der Waals surface area contributed by atoms with E-state index in [2.05, 4.69) is 21.2 Å².